The van der Waals surface area contributed by atoms with Crippen molar-refractivity contribution in [2.24, 2.45) is 12.5 Å². The first kappa shape index (κ1) is 12.5. The molecule has 1 fully saturated rings. The van der Waals surface area contributed by atoms with Gasteiger partial charge >= 0.3 is 12.9 Å². The van der Waals surface area contributed by atoms with Gasteiger partial charge in [0.25, 0.3) is 0 Å². The highest BCUT2D eigenvalue weighted by atomic mass is 16.6. The van der Waals surface area contributed by atoms with E-state index in [1.54, 1.807) is 13.1 Å². The molecule has 1 aromatic heterocycles. The minimum atomic E-state index is -0.373. The Labute approximate surface area is 111 Å². The summed E-state index contributed by atoms with van der Waals surface area (Å²) < 4.78 is 18.0. The number of nitrogens with zero attached hydrogens (tertiary/aromatic N) is 1. The van der Waals surface area contributed by atoms with E-state index in [-0.39, 0.29) is 18.3 Å². The second-order valence-corrected chi connectivity index (χ2v) is 5.77. The molecule has 0 aliphatic carbocycles. The third-order valence-corrected chi connectivity index (χ3v) is 3.34. The van der Waals surface area contributed by atoms with Crippen LogP contribution in [0.3, 0.4) is 0 Å². The van der Waals surface area contributed by atoms with Crippen LogP contribution in [-0.2, 0) is 16.4 Å². The number of fused-ring (bicyclic) bond motifs is 1. The van der Waals surface area contributed by atoms with Gasteiger partial charge < -0.3 is 13.7 Å². The summed E-state index contributed by atoms with van der Waals surface area (Å²) in [5, 5.41) is 0. The van der Waals surface area contributed by atoms with Gasteiger partial charge in [-0.15, -0.1) is 0 Å². The van der Waals surface area contributed by atoms with Crippen LogP contribution in [0.1, 0.15) is 13.8 Å². The Balaban J connectivity index is 1.94. The van der Waals surface area contributed by atoms with Crippen molar-refractivity contribution in [2.45, 2.75) is 13.8 Å². The van der Waals surface area contributed by atoms with Crippen LogP contribution in [0.4, 0.5) is 0 Å². The zero-order valence-corrected chi connectivity index (χ0v) is 11.3. The first-order valence-electron chi connectivity index (χ1n) is 6.29. The first-order chi connectivity index (χ1) is 8.96. The van der Waals surface area contributed by atoms with E-state index in [1.807, 2.05) is 12.1 Å². The predicted molar refractivity (Wildman–Crippen MR) is 72.5 cm³/mol. The fourth-order valence-corrected chi connectivity index (χ4v) is 2.18. The largest absolute Gasteiger partial charge is 0.493 e. The molecule has 0 unspecified atom stereocenters. The lowest BCUT2D eigenvalue weighted by atomic mass is 9.76. The molecule has 100 valence electrons. The number of hydrogen-bond acceptors (Lipinski definition) is 4. The molecule has 0 amide bonds. The molecule has 2 aromatic rings. The summed E-state index contributed by atoms with van der Waals surface area (Å²) in [5.74, 6) is -0.362. The number of benzene rings is 1. The van der Waals surface area contributed by atoms with Gasteiger partial charge in [0.1, 0.15) is 0 Å². The van der Waals surface area contributed by atoms with E-state index < -0.39 is 0 Å². The molecule has 3 rings (SSSR count). The molecule has 1 aromatic carbocycles. The number of hydrogen-bond donors (Lipinski definition) is 0. The average molecular weight is 261 g/mol. The maximum absolute atomic E-state index is 11.4. The van der Waals surface area contributed by atoms with Crippen molar-refractivity contribution in [2.75, 3.05) is 13.2 Å². The summed E-state index contributed by atoms with van der Waals surface area (Å²) in [7, 11) is 1.31. The Hall–Kier alpha value is -1.53. The van der Waals surface area contributed by atoms with Crippen molar-refractivity contribution in [1.29, 1.82) is 0 Å². The lowest BCUT2D eigenvalue weighted by molar-refractivity contribution is 0.0343. The molecule has 0 saturated carbocycles. The second kappa shape index (κ2) is 4.25. The molecule has 0 radical (unpaired) electrons. The molecule has 1 saturated heterocycles. The molecular weight excluding hydrogens is 245 g/mol. The number of aromatic nitrogens is 1. The lowest BCUT2D eigenvalue weighted by Gasteiger charge is -2.33. The highest BCUT2D eigenvalue weighted by molar-refractivity contribution is 6.61. The van der Waals surface area contributed by atoms with Crippen LogP contribution in [0.15, 0.2) is 27.4 Å². The number of rotatable bonds is 1. The molecule has 19 heavy (non-hydrogen) atoms. The van der Waals surface area contributed by atoms with Crippen molar-refractivity contribution in [3.05, 3.63) is 28.7 Å². The molecule has 1 aliphatic rings. The summed E-state index contributed by atoms with van der Waals surface area (Å²) in [4.78, 5) is 11.4. The van der Waals surface area contributed by atoms with E-state index in [0.29, 0.717) is 18.8 Å². The molecular formula is C13H16BNO4. The first-order valence-corrected chi connectivity index (χ1v) is 6.29. The topological polar surface area (TPSA) is 53.6 Å². The van der Waals surface area contributed by atoms with Crippen molar-refractivity contribution >= 4 is 23.7 Å². The van der Waals surface area contributed by atoms with Crippen LogP contribution in [0, 0.1) is 5.41 Å². The highest BCUT2D eigenvalue weighted by Crippen LogP contribution is 2.21. The van der Waals surface area contributed by atoms with E-state index in [1.165, 1.54) is 4.57 Å². The van der Waals surface area contributed by atoms with Crippen molar-refractivity contribution in [3.63, 3.8) is 0 Å². The molecule has 5 nitrogen and oxygen atoms in total. The molecule has 0 atom stereocenters. The average Bonchev–Trinajstić information content (AvgIpc) is 2.65. The fourth-order valence-electron chi connectivity index (χ4n) is 2.18. The standard InChI is InChI=1S/C13H16BNO4/c1-13(2)7-17-14(18-8-13)9-4-5-11-10(6-9)15(3)12(16)19-11/h4-6H,7-8H2,1-3H3. The van der Waals surface area contributed by atoms with Gasteiger partial charge in [0.15, 0.2) is 5.58 Å². The minimum absolute atomic E-state index is 0.0447. The van der Waals surface area contributed by atoms with Crippen molar-refractivity contribution < 1.29 is 13.7 Å². The van der Waals surface area contributed by atoms with Crippen LogP contribution in [0.2, 0.25) is 0 Å². The zero-order chi connectivity index (χ0) is 13.6. The van der Waals surface area contributed by atoms with Gasteiger partial charge in [0, 0.05) is 25.7 Å². The van der Waals surface area contributed by atoms with Gasteiger partial charge in [0.2, 0.25) is 0 Å². The van der Waals surface area contributed by atoms with Gasteiger partial charge in [0.05, 0.1) is 5.52 Å². The molecule has 6 heteroatoms. The van der Waals surface area contributed by atoms with Crippen LogP contribution in [0.5, 0.6) is 0 Å². The van der Waals surface area contributed by atoms with E-state index in [4.69, 9.17) is 13.7 Å². The zero-order valence-electron chi connectivity index (χ0n) is 11.3. The van der Waals surface area contributed by atoms with Gasteiger partial charge in [-0.05, 0) is 17.6 Å². The van der Waals surface area contributed by atoms with Gasteiger partial charge in [-0.25, -0.2) is 4.79 Å². The second-order valence-electron chi connectivity index (χ2n) is 5.77. The SMILES string of the molecule is Cn1c(=O)oc2ccc(B3OCC(C)(C)CO3)cc21. The molecule has 0 bridgehead atoms. The predicted octanol–water partition coefficient (Wildman–Crippen LogP) is 0.900. The maximum atomic E-state index is 11.4. The molecule has 0 spiro atoms. The van der Waals surface area contributed by atoms with E-state index >= 15 is 0 Å². The van der Waals surface area contributed by atoms with Gasteiger partial charge in [-0.2, -0.15) is 0 Å². The minimum Gasteiger partial charge on any atom is -0.408 e. The normalized spacial score (nSPS) is 19.0. The fraction of sp³-hybridized carbons (Fsp3) is 0.462. The monoisotopic (exact) mass is 261 g/mol. The summed E-state index contributed by atoms with van der Waals surface area (Å²) in [5.41, 5.74) is 2.27. The molecule has 1 aliphatic heterocycles. The Kier molecular flexibility index (Phi) is 2.80. The molecule has 0 N–H and O–H groups in total. The third kappa shape index (κ3) is 2.22. The Morgan fingerprint density at radius 2 is 1.95 bits per heavy atom. The number of oxazole rings is 1. The highest BCUT2D eigenvalue weighted by Gasteiger charge is 2.33. The Bertz CT molecular complexity index is 663. The smallest absolute Gasteiger partial charge is 0.408 e. The van der Waals surface area contributed by atoms with E-state index in [9.17, 15) is 4.79 Å². The third-order valence-electron chi connectivity index (χ3n) is 3.34. The van der Waals surface area contributed by atoms with Gasteiger partial charge in [-0.1, -0.05) is 19.9 Å². The summed E-state index contributed by atoms with van der Waals surface area (Å²) in [6, 6.07) is 5.52. The Morgan fingerprint density at radius 1 is 1.26 bits per heavy atom. The van der Waals surface area contributed by atoms with E-state index in [0.717, 1.165) is 11.0 Å². The van der Waals surface area contributed by atoms with Crippen LogP contribution >= 0.6 is 0 Å². The maximum Gasteiger partial charge on any atom is 0.493 e. The van der Waals surface area contributed by atoms with E-state index in [2.05, 4.69) is 13.8 Å². The summed E-state index contributed by atoms with van der Waals surface area (Å²) in [6.45, 7) is 5.51. The van der Waals surface area contributed by atoms with Crippen LogP contribution < -0.4 is 11.2 Å². The van der Waals surface area contributed by atoms with Crippen LogP contribution in [-0.4, -0.2) is 24.9 Å². The summed E-state index contributed by atoms with van der Waals surface area (Å²) in [6.07, 6.45) is 0. The van der Waals surface area contributed by atoms with Crippen molar-refractivity contribution in [3.8, 4) is 0 Å². The van der Waals surface area contributed by atoms with Crippen molar-refractivity contribution in [1.82, 2.24) is 4.57 Å². The quantitative estimate of drug-likeness (QED) is 0.716. The summed E-state index contributed by atoms with van der Waals surface area (Å²) >= 11 is 0. The molecule has 2 heterocycles. The Morgan fingerprint density at radius 3 is 2.63 bits per heavy atom. The number of aryl methyl sites for hydroxylation is 1. The van der Waals surface area contributed by atoms with Crippen LogP contribution in [0.25, 0.3) is 11.1 Å². The van der Waals surface area contributed by atoms with Gasteiger partial charge in [-0.3, -0.25) is 4.57 Å². The lowest BCUT2D eigenvalue weighted by Crippen LogP contribution is -2.47.